The Balaban J connectivity index is 2.59. The molecular weight excluding hydrogens is 442 g/mol. The summed E-state index contributed by atoms with van der Waals surface area (Å²) in [5.41, 5.74) is 0.0681. The highest BCUT2D eigenvalue weighted by Gasteiger charge is 2.20. The molecule has 23 heavy (non-hydrogen) atoms. The highest BCUT2D eigenvalue weighted by atomic mass is 127. The average molecular weight is 455 g/mol. The van der Waals surface area contributed by atoms with Crippen molar-refractivity contribution < 1.29 is 21.6 Å². The molecule has 0 heterocycles. The second kappa shape index (κ2) is 6.68. The number of halogens is 4. The van der Waals surface area contributed by atoms with Crippen LogP contribution in [0.5, 0.6) is 0 Å². The summed E-state index contributed by atoms with van der Waals surface area (Å²) in [4.78, 5) is 0. The fourth-order valence-electron chi connectivity index (χ4n) is 2.17. The lowest BCUT2D eigenvalue weighted by Crippen LogP contribution is -2.15. The molecule has 3 nitrogen and oxygen atoms in total. The lowest BCUT2D eigenvalue weighted by atomic mass is 9.99. The van der Waals surface area contributed by atoms with Crippen molar-refractivity contribution in [3.8, 4) is 0 Å². The molecule has 0 spiro atoms. The van der Waals surface area contributed by atoms with E-state index in [1.807, 2.05) is 22.6 Å². The van der Waals surface area contributed by atoms with Crippen molar-refractivity contribution in [3.05, 3.63) is 62.0 Å². The van der Waals surface area contributed by atoms with Gasteiger partial charge in [0.25, 0.3) is 0 Å². The molecule has 8 heteroatoms. The second-order valence-corrected chi connectivity index (χ2v) is 8.12. The van der Waals surface area contributed by atoms with Gasteiger partial charge in [0.1, 0.15) is 5.82 Å². The van der Waals surface area contributed by atoms with Crippen LogP contribution in [0.1, 0.15) is 16.7 Å². The zero-order chi connectivity index (χ0) is 17.4. The minimum atomic E-state index is -3.69. The molecule has 1 N–H and O–H groups in total. The quantitative estimate of drug-likeness (QED) is 0.710. The third-order valence-electron chi connectivity index (χ3n) is 3.18. The fraction of sp³-hybridized carbons (Fsp3) is 0.200. The number of aryl methyl sites for hydroxylation is 1. The van der Waals surface area contributed by atoms with E-state index in [0.717, 1.165) is 12.3 Å². The third-order valence-corrected chi connectivity index (χ3v) is 4.43. The van der Waals surface area contributed by atoms with Gasteiger partial charge in [-0.1, -0.05) is 6.07 Å². The van der Waals surface area contributed by atoms with Crippen molar-refractivity contribution in [2.24, 2.45) is 0 Å². The third kappa shape index (κ3) is 4.37. The fourth-order valence-corrected chi connectivity index (χ4v) is 3.27. The average Bonchev–Trinajstić information content (AvgIpc) is 2.41. The van der Waals surface area contributed by atoms with Gasteiger partial charge in [0.2, 0.25) is 10.0 Å². The minimum Gasteiger partial charge on any atom is -0.283 e. The Labute approximate surface area is 146 Å². The van der Waals surface area contributed by atoms with Gasteiger partial charge in [-0.15, -0.1) is 0 Å². The topological polar surface area (TPSA) is 46.2 Å². The summed E-state index contributed by atoms with van der Waals surface area (Å²) < 4.78 is 67.6. The van der Waals surface area contributed by atoms with Crippen LogP contribution in [0.15, 0.2) is 24.3 Å². The van der Waals surface area contributed by atoms with Gasteiger partial charge in [-0.25, -0.2) is 21.6 Å². The number of rotatable bonds is 4. The smallest absolute Gasteiger partial charge is 0.229 e. The molecule has 0 aromatic heterocycles. The van der Waals surface area contributed by atoms with Crippen LogP contribution < -0.4 is 4.72 Å². The van der Waals surface area contributed by atoms with Gasteiger partial charge in [-0.2, -0.15) is 0 Å². The standard InChI is InChI=1S/C15H13F3INO2S/c1-8-5-13(17)14(18)11(15(8)20-23(2,21)22)6-9-3-4-10(19)7-12(9)16/h3-5,7,20H,6H2,1-2H3. The van der Waals surface area contributed by atoms with Crippen LogP contribution in [0.2, 0.25) is 0 Å². The maximum atomic E-state index is 14.2. The first-order valence-electron chi connectivity index (χ1n) is 6.47. The van der Waals surface area contributed by atoms with E-state index in [0.29, 0.717) is 3.57 Å². The van der Waals surface area contributed by atoms with Crippen molar-refractivity contribution in [3.63, 3.8) is 0 Å². The summed E-state index contributed by atoms with van der Waals surface area (Å²) in [6, 6.07) is 5.26. The van der Waals surface area contributed by atoms with Gasteiger partial charge in [0.15, 0.2) is 11.6 Å². The molecule has 0 aliphatic heterocycles. The molecule has 2 aromatic carbocycles. The van der Waals surface area contributed by atoms with Crippen molar-refractivity contribution in [1.29, 1.82) is 0 Å². The van der Waals surface area contributed by atoms with Gasteiger partial charge in [-0.3, -0.25) is 4.72 Å². The van der Waals surface area contributed by atoms with Crippen LogP contribution in [0.4, 0.5) is 18.9 Å². The highest BCUT2D eigenvalue weighted by Crippen LogP contribution is 2.30. The molecule has 0 fully saturated rings. The molecule has 0 amide bonds. The summed E-state index contributed by atoms with van der Waals surface area (Å²) in [5, 5.41) is 0. The van der Waals surface area contributed by atoms with E-state index in [2.05, 4.69) is 4.72 Å². The zero-order valence-corrected chi connectivity index (χ0v) is 15.2. The Kier molecular flexibility index (Phi) is 5.24. The number of hydrogen-bond acceptors (Lipinski definition) is 2. The molecule has 0 aliphatic carbocycles. The molecule has 0 saturated heterocycles. The zero-order valence-electron chi connectivity index (χ0n) is 12.3. The van der Waals surface area contributed by atoms with E-state index in [9.17, 15) is 21.6 Å². The van der Waals surface area contributed by atoms with E-state index >= 15 is 0 Å². The Morgan fingerprint density at radius 2 is 1.78 bits per heavy atom. The summed E-state index contributed by atoms with van der Waals surface area (Å²) in [5.74, 6) is -2.87. The van der Waals surface area contributed by atoms with E-state index in [4.69, 9.17) is 0 Å². The van der Waals surface area contributed by atoms with Gasteiger partial charge in [0.05, 0.1) is 11.9 Å². The number of sulfonamides is 1. The Morgan fingerprint density at radius 1 is 1.13 bits per heavy atom. The van der Waals surface area contributed by atoms with Crippen molar-refractivity contribution >= 4 is 38.3 Å². The summed E-state index contributed by atoms with van der Waals surface area (Å²) in [6.07, 6.45) is 0.633. The lowest BCUT2D eigenvalue weighted by Gasteiger charge is -2.16. The van der Waals surface area contributed by atoms with Crippen molar-refractivity contribution in [2.75, 3.05) is 11.0 Å². The molecular formula is C15H13F3INO2S. The monoisotopic (exact) mass is 455 g/mol. The van der Waals surface area contributed by atoms with Crippen LogP contribution in [0.3, 0.4) is 0 Å². The molecule has 0 unspecified atom stereocenters. The largest absolute Gasteiger partial charge is 0.283 e. The predicted octanol–water partition coefficient (Wildman–Crippen LogP) is 3.98. The van der Waals surface area contributed by atoms with E-state index in [1.165, 1.54) is 19.1 Å². The lowest BCUT2D eigenvalue weighted by molar-refractivity contribution is 0.499. The van der Waals surface area contributed by atoms with Crippen molar-refractivity contribution in [1.82, 2.24) is 0 Å². The highest BCUT2D eigenvalue weighted by molar-refractivity contribution is 14.1. The van der Waals surface area contributed by atoms with Crippen LogP contribution in [0.25, 0.3) is 0 Å². The molecule has 124 valence electrons. The number of nitrogens with one attached hydrogen (secondary N) is 1. The first kappa shape index (κ1) is 18.1. The van der Waals surface area contributed by atoms with E-state index in [-0.39, 0.29) is 28.8 Å². The summed E-state index contributed by atoms with van der Waals surface area (Å²) >= 11 is 1.93. The molecule has 0 bridgehead atoms. The maximum Gasteiger partial charge on any atom is 0.229 e. The van der Waals surface area contributed by atoms with Crippen LogP contribution in [-0.4, -0.2) is 14.7 Å². The van der Waals surface area contributed by atoms with Crippen LogP contribution >= 0.6 is 22.6 Å². The van der Waals surface area contributed by atoms with Crippen molar-refractivity contribution in [2.45, 2.75) is 13.3 Å². The summed E-state index contributed by atoms with van der Waals surface area (Å²) in [6.45, 7) is 1.45. The minimum absolute atomic E-state index is 0.0654. The van der Waals surface area contributed by atoms with E-state index < -0.39 is 27.5 Å². The number of hydrogen-bond donors (Lipinski definition) is 1. The Morgan fingerprint density at radius 3 is 2.35 bits per heavy atom. The molecule has 2 aromatic rings. The molecule has 0 radical (unpaired) electrons. The molecule has 0 aliphatic rings. The van der Waals surface area contributed by atoms with Crippen LogP contribution in [0, 0.1) is 27.9 Å². The van der Waals surface area contributed by atoms with Gasteiger partial charge in [0, 0.05) is 15.6 Å². The maximum absolute atomic E-state index is 14.2. The Hall–Kier alpha value is -1.29. The number of anilines is 1. The number of benzene rings is 2. The molecule has 0 atom stereocenters. The predicted molar refractivity (Wildman–Crippen MR) is 91.5 cm³/mol. The van der Waals surface area contributed by atoms with E-state index in [1.54, 1.807) is 6.07 Å². The van der Waals surface area contributed by atoms with Gasteiger partial charge < -0.3 is 0 Å². The van der Waals surface area contributed by atoms with Gasteiger partial charge in [-0.05, 0) is 58.8 Å². The first-order chi connectivity index (χ1) is 10.6. The summed E-state index contributed by atoms with van der Waals surface area (Å²) in [7, 11) is -3.69. The molecule has 0 saturated carbocycles. The Bertz CT molecular complexity index is 870. The first-order valence-corrected chi connectivity index (χ1v) is 9.44. The normalized spacial score (nSPS) is 11.6. The van der Waals surface area contributed by atoms with Gasteiger partial charge >= 0.3 is 0 Å². The molecule has 2 rings (SSSR count). The SMILES string of the molecule is Cc1cc(F)c(F)c(Cc2ccc(I)cc2F)c1NS(C)(=O)=O. The van der Waals surface area contributed by atoms with Crippen LogP contribution in [-0.2, 0) is 16.4 Å². The second-order valence-electron chi connectivity index (χ2n) is 5.13.